The maximum Gasteiger partial charge on any atom is 0.244 e. The van der Waals surface area contributed by atoms with E-state index in [0.717, 1.165) is 31.9 Å². The van der Waals surface area contributed by atoms with Crippen molar-refractivity contribution in [3.8, 4) is 0 Å². The fourth-order valence-corrected chi connectivity index (χ4v) is 2.79. The van der Waals surface area contributed by atoms with Gasteiger partial charge in [0.05, 0.1) is 23.3 Å². The summed E-state index contributed by atoms with van der Waals surface area (Å²) in [6.45, 7) is 7.45. The molecule has 2 atom stereocenters. The SMILES string of the molecule is CC(NC(=O)C=Cc1ccc(Cl)c(Cl)c1)C(C)N1CCOCC1. The maximum absolute atomic E-state index is 12.1. The Kier molecular flexibility index (Phi) is 6.90. The predicted octanol–water partition coefficient (Wildman–Crippen LogP) is 3.23. The Balaban J connectivity index is 1.87. The van der Waals surface area contributed by atoms with Crippen molar-refractivity contribution < 1.29 is 9.53 Å². The summed E-state index contributed by atoms with van der Waals surface area (Å²) in [4.78, 5) is 14.4. The molecule has 126 valence electrons. The van der Waals surface area contributed by atoms with Crippen LogP contribution >= 0.6 is 23.2 Å². The fraction of sp³-hybridized carbons (Fsp3) is 0.471. The Labute approximate surface area is 147 Å². The Hall–Kier alpha value is -1.07. The highest BCUT2D eigenvalue weighted by Crippen LogP contribution is 2.23. The summed E-state index contributed by atoms with van der Waals surface area (Å²) in [6.07, 6.45) is 3.24. The van der Waals surface area contributed by atoms with Crippen LogP contribution in [0.3, 0.4) is 0 Å². The van der Waals surface area contributed by atoms with Gasteiger partial charge in [-0.15, -0.1) is 0 Å². The van der Waals surface area contributed by atoms with E-state index < -0.39 is 0 Å². The summed E-state index contributed by atoms with van der Waals surface area (Å²) in [7, 11) is 0. The molecule has 0 aromatic heterocycles. The number of carbonyl (C=O) groups is 1. The summed E-state index contributed by atoms with van der Waals surface area (Å²) < 4.78 is 5.36. The van der Waals surface area contributed by atoms with Crippen LogP contribution in [0.15, 0.2) is 24.3 Å². The molecule has 1 heterocycles. The van der Waals surface area contributed by atoms with Crippen molar-refractivity contribution in [2.45, 2.75) is 25.9 Å². The molecule has 1 aromatic rings. The van der Waals surface area contributed by atoms with E-state index in [2.05, 4.69) is 17.1 Å². The number of hydrogen-bond donors (Lipinski definition) is 1. The molecule has 1 aliphatic heterocycles. The molecule has 6 heteroatoms. The number of morpholine rings is 1. The standard InChI is InChI=1S/C17H22Cl2N2O2/c1-12(13(2)21-7-9-23-10-8-21)20-17(22)6-4-14-3-5-15(18)16(19)11-14/h3-6,11-13H,7-10H2,1-2H3,(H,20,22). The van der Waals surface area contributed by atoms with Crippen molar-refractivity contribution in [1.82, 2.24) is 10.2 Å². The quantitative estimate of drug-likeness (QED) is 0.823. The summed E-state index contributed by atoms with van der Waals surface area (Å²) in [5.74, 6) is -0.122. The van der Waals surface area contributed by atoms with Gasteiger partial charge in [0.15, 0.2) is 0 Å². The van der Waals surface area contributed by atoms with Crippen LogP contribution in [0.2, 0.25) is 10.0 Å². The normalized spacial score (nSPS) is 18.8. The van der Waals surface area contributed by atoms with Crippen LogP contribution in [-0.4, -0.2) is 49.2 Å². The first-order chi connectivity index (χ1) is 11.0. The summed E-state index contributed by atoms with van der Waals surface area (Å²) in [6, 6.07) is 5.58. The lowest BCUT2D eigenvalue weighted by Crippen LogP contribution is -2.51. The van der Waals surface area contributed by atoms with Crippen molar-refractivity contribution in [3.63, 3.8) is 0 Å². The highest BCUT2D eigenvalue weighted by atomic mass is 35.5. The lowest BCUT2D eigenvalue weighted by Gasteiger charge is -2.35. The molecule has 1 amide bonds. The molecule has 1 N–H and O–H groups in total. The van der Waals surface area contributed by atoms with Gasteiger partial charge in [0.2, 0.25) is 5.91 Å². The zero-order valence-electron chi connectivity index (χ0n) is 13.4. The lowest BCUT2D eigenvalue weighted by atomic mass is 10.1. The van der Waals surface area contributed by atoms with Gasteiger partial charge in [-0.05, 0) is 37.6 Å². The van der Waals surface area contributed by atoms with Crippen LogP contribution in [-0.2, 0) is 9.53 Å². The van der Waals surface area contributed by atoms with Gasteiger partial charge in [-0.1, -0.05) is 29.3 Å². The van der Waals surface area contributed by atoms with Crippen LogP contribution in [0.5, 0.6) is 0 Å². The van der Waals surface area contributed by atoms with Crippen LogP contribution in [0, 0.1) is 0 Å². The van der Waals surface area contributed by atoms with Crippen LogP contribution < -0.4 is 5.32 Å². The third-order valence-corrected chi connectivity index (χ3v) is 4.83. The average Bonchev–Trinajstić information content (AvgIpc) is 2.56. The first kappa shape index (κ1) is 18.3. The number of nitrogens with one attached hydrogen (secondary N) is 1. The third kappa shape index (κ3) is 5.50. The summed E-state index contributed by atoms with van der Waals surface area (Å²) in [5.41, 5.74) is 0.837. The fourth-order valence-electron chi connectivity index (χ4n) is 2.48. The first-order valence-corrected chi connectivity index (χ1v) is 8.48. The van der Waals surface area contributed by atoms with Gasteiger partial charge in [-0.2, -0.15) is 0 Å². The highest BCUT2D eigenvalue weighted by molar-refractivity contribution is 6.42. The summed E-state index contributed by atoms with van der Waals surface area (Å²) >= 11 is 11.8. The van der Waals surface area contributed by atoms with Gasteiger partial charge in [-0.25, -0.2) is 0 Å². The molecule has 1 aliphatic rings. The van der Waals surface area contributed by atoms with E-state index in [1.165, 1.54) is 6.08 Å². The molecule has 1 fully saturated rings. The molecular weight excluding hydrogens is 335 g/mol. The minimum atomic E-state index is -0.122. The van der Waals surface area contributed by atoms with Crippen LogP contribution in [0.1, 0.15) is 19.4 Å². The Morgan fingerprint density at radius 2 is 1.96 bits per heavy atom. The zero-order valence-corrected chi connectivity index (χ0v) is 14.9. The van der Waals surface area contributed by atoms with Crippen LogP contribution in [0.4, 0.5) is 0 Å². The molecule has 1 saturated heterocycles. The molecule has 2 rings (SSSR count). The summed E-state index contributed by atoms with van der Waals surface area (Å²) in [5, 5.41) is 3.98. The van der Waals surface area contributed by atoms with Gasteiger partial charge < -0.3 is 10.1 Å². The maximum atomic E-state index is 12.1. The Bertz CT molecular complexity index is 572. The highest BCUT2D eigenvalue weighted by Gasteiger charge is 2.22. The first-order valence-electron chi connectivity index (χ1n) is 7.73. The molecule has 4 nitrogen and oxygen atoms in total. The molecule has 23 heavy (non-hydrogen) atoms. The average molecular weight is 357 g/mol. The third-order valence-electron chi connectivity index (χ3n) is 4.09. The van der Waals surface area contributed by atoms with E-state index >= 15 is 0 Å². The van der Waals surface area contributed by atoms with Crippen molar-refractivity contribution >= 4 is 35.2 Å². The molecule has 0 saturated carbocycles. The van der Waals surface area contributed by atoms with E-state index in [-0.39, 0.29) is 18.0 Å². The van der Waals surface area contributed by atoms with Gasteiger partial charge >= 0.3 is 0 Å². The molecule has 0 bridgehead atoms. The number of amides is 1. The minimum absolute atomic E-state index is 0.0547. The number of carbonyl (C=O) groups excluding carboxylic acids is 1. The molecule has 2 unspecified atom stereocenters. The molecule has 0 aliphatic carbocycles. The molecule has 1 aromatic carbocycles. The smallest absolute Gasteiger partial charge is 0.244 e. The Morgan fingerprint density at radius 3 is 2.61 bits per heavy atom. The van der Waals surface area contributed by atoms with Crippen molar-refractivity contribution in [2.75, 3.05) is 26.3 Å². The molecule has 0 spiro atoms. The van der Waals surface area contributed by atoms with Gasteiger partial charge in [-0.3, -0.25) is 9.69 Å². The van der Waals surface area contributed by atoms with Gasteiger partial charge in [0.1, 0.15) is 0 Å². The number of rotatable bonds is 5. The van der Waals surface area contributed by atoms with Gasteiger partial charge in [0, 0.05) is 31.2 Å². The van der Waals surface area contributed by atoms with E-state index in [4.69, 9.17) is 27.9 Å². The Morgan fingerprint density at radius 1 is 1.26 bits per heavy atom. The van der Waals surface area contributed by atoms with E-state index in [0.29, 0.717) is 10.0 Å². The topological polar surface area (TPSA) is 41.6 Å². The minimum Gasteiger partial charge on any atom is -0.379 e. The second kappa shape index (κ2) is 8.69. The van der Waals surface area contributed by atoms with Crippen LogP contribution in [0.25, 0.3) is 6.08 Å². The van der Waals surface area contributed by atoms with Crippen molar-refractivity contribution in [2.24, 2.45) is 0 Å². The molecular formula is C17H22Cl2N2O2. The van der Waals surface area contributed by atoms with E-state index in [9.17, 15) is 4.79 Å². The lowest BCUT2D eigenvalue weighted by molar-refractivity contribution is -0.117. The van der Waals surface area contributed by atoms with Gasteiger partial charge in [0.25, 0.3) is 0 Å². The second-order valence-corrected chi connectivity index (χ2v) is 6.51. The number of halogens is 2. The predicted molar refractivity (Wildman–Crippen MR) is 95.0 cm³/mol. The number of nitrogens with zero attached hydrogens (tertiary/aromatic N) is 1. The molecule has 0 radical (unpaired) electrons. The van der Waals surface area contributed by atoms with Crippen molar-refractivity contribution in [3.05, 3.63) is 39.9 Å². The van der Waals surface area contributed by atoms with E-state index in [1.54, 1.807) is 18.2 Å². The van der Waals surface area contributed by atoms with Crippen molar-refractivity contribution in [1.29, 1.82) is 0 Å². The number of ether oxygens (including phenoxy) is 1. The van der Waals surface area contributed by atoms with E-state index in [1.807, 2.05) is 13.0 Å². The largest absolute Gasteiger partial charge is 0.379 e. The second-order valence-electron chi connectivity index (χ2n) is 5.69. The monoisotopic (exact) mass is 356 g/mol. The zero-order chi connectivity index (χ0) is 16.8. The number of benzene rings is 1. The number of hydrogen-bond acceptors (Lipinski definition) is 3.